The minimum atomic E-state index is -0.432. The molecule has 0 aliphatic rings. The molecule has 0 radical (unpaired) electrons. The molecule has 0 bridgehead atoms. The number of carbonyl (C=O) groups excluding carboxylic acids is 2. The highest BCUT2D eigenvalue weighted by molar-refractivity contribution is 5.91. The average Bonchev–Trinajstić information content (AvgIpc) is 2.71. The Hall–Kier alpha value is -3.28. The van der Waals surface area contributed by atoms with Gasteiger partial charge in [0.05, 0.1) is 19.8 Å². The van der Waals surface area contributed by atoms with E-state index >= 15 is 0 Å². The summed E-state index contributed by atoms with van der Waals surface area (Å²) in [4.78, 5) is 23.4. The number of carbonyl (C=O) groups is 2. The summed E-state index contributed by atoms with van der Waals surface area (Å²) < 4.78 is 15.1. The van der Waals surface area contributed by atoms with Gasteiger partial charge in [-0.1, -0.05) is 36.4 Å². The summed E-state index contributed by atoms with van der Waals surface area (Å²) >= 11 is 0. The molecule has 0 atom stereocenters. The van der Waals surface area contributed by atoms with Crippen LogP contribution in [0.5, 0.6) is 5.75 Å². The first-order valence-electron chi connectivity index (χ1n) is 8.51. The first kappa shape index (κ1) is 20.0. The summed E-state index contributed by atoms with van der Waals surface area (Å²) in [5.74, 6) is -0.258. The Balaban J connectivity index is 1.78. The van der Waals surface area contributed by atoms with Crippen LogP contribution in [0, 0.1) is 0 Å². The lowest BCUT2D eigenvalue weighted by Crippen LogP contribution is -2.06. The number of hydrogen-bond donors (Lipinski definition) is 1. The van der Waals surface area contributed by atoms with E-state index < -0.39 is 5.97 Å². The SMILES string of the molecule is COC(=O)c1cc(NCCC=CC(=O)OCc2ccccc2)cc(OC)c1. The zero-order valence-corrected chi connectivity index (χ0v) is 15.4. The lowest BCUT2D eigenvalue weighted by Gasteiger charge is -2.09. The summed E-state index contributed by atoms with van der Waals surface area (Å²) in [5, 5.41) is 3.18. The first-order valence-corrected chi connectivity index (χ1v) is 8.51. The largest absolute Gasteiger partial charge is 0.497 e. The van der Waals surface area contributed by atoms with Gasteiger partial charge in [-0.2, -0.15) is 0 Å². The van der Waals surface area contributed by atoms with E-state index in [1.54, 1.807) is 24.3 Å². The van der Waals surface area contributed by atoms with Crippen LogP contribution < -0.4 is 10.1 Å². The minimum absolute atomic E-state index is 0.252. The van der Waals surface area contributed by atoms with Crippen LogP contribution in [0.4, 0.5) is 5.69 Å². The van der Waals surface area contributed by atoms with Crippen LogP contribution in [0.1, 0.15) is 22.3 Å². The van der Waals surface area contributed by atoms with Crippen molar-refractivity contribution in [1.82, 2.24) is 0 Å². The van der Waals surface area contributed by atoms with E-state index in [9.17, 15) is 9.59 Å². The molecule has 6 nitrogen and oxygen atoms in total. The summed E-state index contributed by atoms with van der Waals surface area (Å²) in [7, 11) is 2.86. The Labute approximate surface area is 158 Å². The number of methoxy groups -OCH3 is 2. The molecule has 2 aromatic rings. The molecule has 0 aliphatic carbocycles. The third-order valence-corrected chi connectivity index (χ3v) is 3.68. The van der Waals surface area contributed by atoms with Gasteiger partial charge in [0.25, 0.3) is 0 Å². The summed E-state index contributed by atoms with van der Waals surface area (Å²) in [6, 6.07) is 14.6. The van der Waals surface area contributed by atoms with Crippen LogP contribution in [0.25, 0.3) is 0 Å². The molecule has 0 unspecified atom stereocenters. The van der Waals surface area contributed by atoms with E-state index in [4.69, 9.17) is 14.2 Å². The highest BCUT2D eigenvalue weighted by Crippen LogP contribution is 2.21. The lowest BCUT2D eigenvalue weighted by atomic mass is 10.2. The summed E-state index contributed by atoms with van der Waals surface area (Å²) in [5.41, 5.74) is 2.08. The Morgan fingerprint density at radius 2 is 1.85 bits per heavy atom. The van der Waals surface area contributed by atoms with Gasteiger partial charge < -0.3 is 19.5 Å². The molecule has 0 spiro atoms. The lowest BCUT2D eigenvalue weighted by molar-refractivity contribution is -0.139. The highest BCUT2D eigenvalue weighted by Gasteiger charge is 2.09. The molecule has 0 heterocycles. The number of esters is 2. The molecule has 0 amide bonds. The molecule has 142 valence electrons. The van der Waals surface area contributed by atoms with E-state index in [0.717, 1.165) is 11.3 Å². The second-order valence-electron chi connectivity index (χ2n) is 5.65. The van der Waals surface area contributed by atoms with E-state index in [1.807, 2.05) is 30.3 Å². The predicted octanol–water partition coefficient (Wildman–Crippen LogP) is 3.58. The van der Waals surface area contributed by atoms with Crippen LogP contribution in [0.2, 0.25) is 0 Å². The van der Waals surface area contributed by atoms with Crippen molar-refractivity contribution >= 4 is 17.6 Å². The molecule has 0 aromatic heterocycles. The molecule has 0 fully saturated rings. The van der Waals surface area contributed by atoms with E-state index in [0.29, 0.717) is 24.3 Å². The van der Waals surface area contributed by atoms with E-state index in [2.05, 4.69) is 5.32 Å². The third kappa shape index (κ3) is 6.86. The molecule has 27 heavy (non-hydrogen) atoms. The van der Waals surface area contributed by atoms with Gasteiger partial charge in [-0.25, -0.2) is 9.59 Å². The molecular formula is C21H23NO5. The smallest absolute Gasteiger partial charge is 0.338 e. The summed E-state index contributed by atoms with van der Waals surface area (Å²) in [6.45, 7) is 0.832. The zero-order valence-electron chi connectivity index (χ0n) is 15.4. The molecule has 0 saturated carbocycles. The van der Waals surface area contributed by atoms with Gasteiger partial charge >= 0.3 is 11.9 Å². The Morgan fingerprint density at radius 1 is 1.07 bits per heavy atom. The van der Waals surface area contributed by atoms with Crippen molar-refractivity contribution in [2.24, 2.45) is 0 Å². The van der Waals surface area contributed by atoms with Gasteiger partial charge in [0, 0.05) is 24.4 Å². The van der Waals surface area contributed by atoms with Crippen LogP contribution in [0.15, 0.2) is 60.7 Å². The third-order valence-electron chi connectivity index (χ3n) is 3.68. The van der Waals surface area contributed by atoms with Crippen molar-refractivity contribution in [3.8, 4) is 5.75 Å². The van der Waals surface area contributed by atoms with Gasteiger partial charge in [0.15, 0.2) is 0 Å². The number of anilines is 1. The van der Waals surface area contributed by atoms with Crippen LogP contribution in [-0.4, -0.2) is 32.7 Å². The predicted molar refractivity (Wildman–Crippen MR) is 103 cm³/mol. The number of hydrogen-bond acceptors (Lipinski definition) is 6. The van der Waals surface area contributed by atoms with Crippen molar-refractivity contribution in [1.29, 1.82) is 0 Å². The van der Waals surface area contributed by atoms with Crippen LogP contribution in [-0.2, 0) is 20.9 Å². The van der Waals surface area contributed by atoms with Gasteiger partial charge in [-0.05, 0) is 24.1 Å². The Kier molecular flexibility index (Phi) is 7.91. The van der Waals surface area contributed by atoms with Crippen molar-refractivity contribution in [2.75, 3.05) is 26.1 Å². The summed E-state index contributed by atoms with van der Waals surface area (Å²) in [6.07, 6.45) is 3.77. The number of benzene rings is 2. The second-order valence-corrected chi connectivity index (χ2v) is 5.65. The van der Waals surface area contributed by atoms with Crippen molar-refractivity contribution < 1.29 is 23.8 Å². The first-order chi connectivity index (χ1) is 13.1. The molecule has 2 rings (SSSR count). The monoisotopic (exact) mass is 369 g/mol. The molecule has 6 heteroatoms. The minimum Gasteiger partial charge on any atom is -0.497 e. The molecule has 2 aromatic carbocycles. The zero-order chi connectivity index (χ0) is 19.5. The maximum Gasteiger partial charge on any atom is 0.338 e. The highest BCUT2D eigenvalue weighted by atomic mass is 16.5. The fourth-order valence-electron chi connectivity index (χ4n) is 2.31. The van der Waals surface area contributed by atoms with Gasteiger partial charge in [0.2, 0.25) is 0 Å². The average molecular weight is 369 g/mol. The van der Waals surface area contributed by atoms with Crippen LogP contribution >= 0.6 is 0 Å². The molecule has 0 saturated heterocycles. The molecular weight excluding hydrogens is 346 g/mol. The second kappa shape index (κ2) is 10.7. The Morgan fingerprint density at radius 3 is 2.56 bits per heavy atom. The van der Waals surface area contributed by atoms with Gasteiger partial charge in [0.1, 0.15) is 12.4 Å². The van der Waals surface area contributed by atoms with Crippen molar-refractivity contribution in [3.05, 3.63) is 71.8 Å². The Bertz CT molecular complexity index is 786. The van der Waals surface area contributed by atoms with E-state index in [-0.39, 0.29) is 12.6 Å². The quantitative estimate of drug-likeness (QED) is 0.414. The fourth-order valence-corrected chi connectivity index (χ4v) is 2.31. The molecule has 1 N–H and O–H groups in total. The van der Waals surface area contributed by atoms with Gasteiger partial charge in [-0.3, -0.25) is 0 Å². The maximum absolute atomic E-state index is 11.7. The van der Waals surface area contributed by atoms with E-state index in [1.165, 1.54) is 20.3 Å². The normalized spacial score (nSPS) is 10.4. The van der Waals surface area contributed by atoms with Crippen LogP contribution in [0.3, 0.4) is 0 Å². The number of ether oxygens (including phenoxy) is 3. The number of nitrogens with one attached hydrogen (secondary N) is 1. The van der Waals surface area contributed by atoms with Gasteiger partial charge in [-0.15, -0.1) is 0 Å². The van der Waals surface area contributed by atoms with Crippen molar-refractivity contribution in [2.45, 2.75) is 13.0 Å². The maximum atomic E-state index is 11.7. The number of rotatable bonds is 9. The fraction of sp³-hybridized carbons (Fsp3) is 0.238. The standard InChI is InChI=1S/C21H23NO5/c1-25-19-13-17(21(24)26-2)12-18(14-19)22-11-7-6-10-20(23)27-15-16-8-4-3-5-9-16/h3-6,8-10,12-14,22H,7,11,15H2,1-2H3. The topological polar surface area (TPSA) is 73.9 Å². The van der Waals surface area contributed by atoms with Crippen molar-refractivity contribution in [3.63, 3.8) is 0 Å². The molecule has 0 aliphatic heterocycles.